The molecule has 0 aliphatic carbocycles. The van der Waals surface area contributed by atoms with E-state index >= 15 is 0 Å². The van der Waals surface area contributed by atoms with Crippen LogP contribution in [0, 0.1) is 6.92 Å². The Bertz CT molecular complexity index is 268. The molecule has 0 bridgehead atoms. The first kappa shape index (κ1) is 9.74. The average Bonchev–Trinajstić information content (AvgIpc) is 2.25. The van der Waals surface area contributed by atoms with Crippen LogP contribution < -0.4 is 5.32 Å². The third-order valence-electron chi connectivity index (χ3n) is 1.80. The minimum atomic E-state index is 0.869. The smallest absolute Gasteiger partial charge is 0.0739 e. The van der Waals surface area contributed by atoms with Gasteiger partial charge in [-0.2, -0.15) is 5.10 Å². The quantitative estimate of drug-likeness (QED) is 0.857. The van der Waals surface area contributed by atoms with E-state index in [4.69, 9.17) is 0 Å². The predicted octanol–water partition coefficient (Wildman–Crippen LogP) is 1.60. The minimum absolute atomic E-state index is 0.869. The Morgan fingerprint density at radius 2 is 2.25 bits per heavy atom. The fourth-order valence-electron chi connectivity index (χ4n) is 1.12. The lowest BCUT2D eigenvalue weighted by Gasteiger charge is -2.02. The Kier molecular flexibility index (Phi) is 3.29. The summed E-state index contributed by atoms with van der Waals surface area (Å²) in [7, 11) is 1.96. The standard InChI is InChI=1S/C8H14BrN3/c1-4-10-5-7-8(9)6(2)11-12(7)3/h10H,4-5H2,1-3H3. The maximum absolute atomic E-state index is 4.29. The summed E-state index contributed by atoms with van der Waals surface area (Å²) >= 11 is 3.51. The molecule has 0 aromatic carbocycles. The molecule has 1 N–H and O–H groups in total. The summed E-state index contributed by atoms with van der Waals surface area (Å²) in [5.74, 6) is 0. The highest BCUT2D eigenvalue weighted by Crippen LogP contribution is 2.19. The van der Waals surface area contributed by atoms with Crippen LogP contribution in [0.15, 0.2) is 4.47 Å². The van der Waals surface area contributed by atoms with Gasteiger partial charge in [0.15, 0.2) is 0 Å². The molecule has 4 heteroatoms. The molecule has 0 spiro atoms. The normalized spacial score (nSPS) is 10.7. The molecule has 0 radical (unpaired) electrons. The molecule has 1 heterocycles. The molecule has 0 fully saturated rings. The average molecular weight is 232 g/mol. The second kappa shape index (κ2) is 4.05. The van der Waals surface area contributed by atoms with Crippen molar-refractivity contribution in [1.29, 1.82) is 0 Å². The topological polar surface area (TPSA) is 29.9 Å². The number of nitrogens with one attached hydrogen (secondary N) is 1. The van der Waals surface area contributed by atoms with Crippen LogP contribution in [-0.2, 0) is 13.6 Å². The summed E-state index contributed by atoms with van der Waals surface area (Å²) in [5.41, 5.74) is 2.25. The van der Waals surface area contributed by atoms with E-state index in [0.717, 1.165) is 23.3 Å². The number of rotatable bonds is 3. The summed E-state index contributed by atoms with van der Waals surface area (Å²) in [6, 6.07) is 0. The van der Waals surface area contributed by atoms with Gasteiger partial charge in [0.25, 0.3) is 0 Å². The van der Waals surface area contributed by atoms with Crippen molar-refractivity contribution in [3.05, 3.63) is 15.9 Å². The molecule has 1 aromatic heterocycles. The molecule has 0 saturated carbocycles. The molecule has 0 atom stereocenters. The van der Waals surface area contributed by atoms with E-state index in [-0.39, 0.29) is 0 Å². The SMILES string of the molecule is CCNCc1c(Br)c(C)nn1C. The van der Waals surface area contributed by atoms with Crippen molar-refractivity contribution >= 4 is 15.9 Å². The molecule has 12 heavy (non-hydrogen) atoms. The zero-order valence-electron chi connectivity index (χ0n) is 7.69. The van der Waals surface area contributed by atoms with Crippen LogP contribution in [0.25, 0.3) is 0 Å². The highest BCUT2D eigenvalue weighted by atomic mass is 79.9. The molecule has 0 unspecified atom stereocenters. The van der Waals surface area contributed by atoms with Crippen LogP contribution >= 0.6 is 15.9 Å². The van der Waals surface area contributed by atoms with Gasteiger partial charge in [0.2, 0.25) is 0 Å². The van der Waals surface area contributed by atoms with Gasteiger partial charge in [0.05, 0.1) is 15.9 Å². The molecular weight excluding hydrogens is 218 g/mol. The molecule has 1 rings (SSSR count). The first-order valence-electron chi connectivity index (χ1n) is 4.05. The number of aryl methyl sites for hydroxylation is 2. The summed E-state index contributed by atoms with van der Waals surface area (Å²) in [6.07, 6.45) is 0. The Morgan fingerprint density at radius 1 is 1.58 bits per heavy atom. The molecule has 1 aromatic rings. The molecule has 0 amide bonds. The van der Waals surface area contributed by atoms with Gasteiger partial charge in [-0.05, 0) is 29.4 Å². The third kappa shape index (κ3) is 1.87. The van der Waals surface area contributed by atoms with Gasteiger partial charge in [-0.1, -0.05) is 6.92 Å². The highest BCUT2D eigenvalue weighted by Gasteiger charge is 2.08. The van der Waals surface area contributed by atoms with Crippen LogP contribution in [0.2, 0.25) is 0 Å². The Morgan fingerprint density at radius 3 is 2.67 bits per heavy atom. The fourth-order valence-corrected chi connectivity index (χ4v) is 1.59. The number of aromatic nitrogens is 2. The van der Waals surface area contributed by atoms with E-state index in [9.17, 15) is 0 Å². The molecule has 0 aliphatic rings. The van der Waals surface area contributed by atoms with Gasteiger partial charge >= 0.3 is 0 Å². The van der Waals surface area contributed by atoms with Crippen molar-refractivity contribution in [3.63, 3.8) is 0 Å². The van der Waals surface area contributed by atoms with Crippen molar-refractivity contribution in [3.8, 4) is 0 Å². The first-order valence-corrected chi connectivity index (χ1v) is 4.84. The van der Waals surface area contributed by atoms with Gasteiger partial charge in [-0.25, -0.2) is 0 Å². The van der Waals surface area contributed by atoms with Gasteiger partial charge in [0, 0.05) is 13.6 Å². The van der Waals surface area contributed by atoms with Gasteiger partial charge < -0.3 is 5.32 Å². The number of halogens is 1. The van der Waals surface area contributed by atoms with Crippen LogP contribution in [0.4, 0.5) is 0 Å². The van der Waals surface area contributed by atoms with Crippen LogP contribution in [-0.4, -0.2) is 16.3 Å². The Balaban J connectivity index is 2.82. The number of hydrogen-bond donors (Lipinski definition) is 1. The summed E-state index contributed by atoms with van der Waals surface area (Å²) in [5, 5.41) is 7.56. The second-order valence-corrected chi connectivity index (χ2v) is 3.54. The molecule has 0 aliphatic heterocycles. The zero-order valence-corrected chi connectivity index (χ0v) is 9.27. The lowest BCUT2D eigenvalue weighted by Crippen LogP contribution is -2.14. The van der Waals surface area contributed by atoms with Crippen molar-refractivity contribution in [2.75, 3.05) is 6.54 Å². The lowest BCUT2D eigenvalue weighted by atomic mass is 10.3. The maximum Gasteiger partial charge on any atom is 0.0739 e. The molecule has 0 saturated heterocycles. The van der Waals surface area contributed by atoms with Crippen molar-refractivity contribution < 1.29 is 0 Å². The third-order valence-corrected chi connectivity index (χ3v) is 2.84. The van der Waals surface area contributed by atoms with Crippen LogP contribution in [0.3, 0.4) is 0 Å². The maximum atomic E-state index is 4.29. The molecule has 68 valence electrons. The second-order valence-electron chi connectivity index (χ2n) is 2.75. The van der Waals surface area contributed by atoms with E-state index in [1.165, 1.54) is 5.69 Å². The highest BCUT2D eigenvalue weighted by molar-refractivity contribution is 9.10. The van der Waals surface area contributed by atoms with Crippen LogP contribution in [0.5, 0.6) is 0 Å². The van der Waals surface area contributed by atoms with Crippen LogP contribution in [0.1, 0.15) is 18.3 Å². The van der Waals surface area contributed by atoms with E-state index in [1.807, 2.05) is 18.7 Å². The van der Waals surface area contributed by atoms with Crippen molar-refractivity contribution in [2.24, 2.45) is 7.05 Å². The van der Waals surface area contributed by atoms with E-state index in [1.54, 1.807) is 0 Å². The number of hydrogen-bond acceptors (Lipinski definition) is 2. The Hall–Kier alpha value is -0.350. The molecule has 3 nitrogen and oxygen atoms in total. The lowest BCUT2D eigenvalue weighted by molar-refractivity contribution is 0.639. The minimum Gasteiger partial charge on any atom is -0.311 e. The zero-order chi connectivity index (χ0) is 9.14. The summed E-state index contributed by atoms with van der Waals surface area (Å²) < 4.78 is 3.02. The fraction of sp³-hybridized carbons (Fsp3) is 0.625. The van der Waals surface area contributed by atoms with E-state index in [0.29, 0.717) is 0 Å². The predicted molar refractivity (Wildman–Crippen MR) is 53.0 cm³/mol. The monoisotopic (exact) mass is 231 g/mol. The van der Waals surface area contributed by atoms with Crippen molar-refractivity contribution in [2.45, 2.75) is 20.4 Å². The van der Waals surface area contributed by atoms with E-state index < -0.39 is 0 Å². The van der Waals surface area contributed by atoms with Gasteiger partial charge in [-0.3, -0.25) is 4.68 Å². The summed E-state index contributed by atoms with van der Waals surface area (Å²) in [4.78, 5) is 0. The largest absolute Gasteiger partial charge is 0.311 e. The molecular formula is C8H14BrN3. The first-order chi connectivity index (χ1) is 5.66. The Labute approximate surface area is 81.3 Å². The van der Waals surface area contributed by atoms with Gasteiger partial charge in [0.1, 0.15) is 0 Å². The summed E-state index contributed by atoms with van der Waals surface area (Å²) in [6.45, 7) is 5.95. The van der Waals surface area contributed by atoms with Crippen molar-refractivity contribution in [1.82, 2.24) is 15.1 Å². The van der Waals surface area contributed by atoms with Gasteiger partial charge in [-0.15, -0.1) is 0 Å². The van der Waals surface area contributed by atoms with E-state index in [2.05, 4.69) is 33.3 Å². The number of nitrogens with zero attached hydrogens (tertiary/aromatic N) is 2.